The van der Waals surface area contributed by atoms with Gasteiger partial charge >= 0.3 is 6.03 Å². The van der Waals surface area contributed by atoms with Crippen molar-refractivity contribution in [3.63, 3.8) is 0 Å². The van der Waals surface area contributed by atoms with Crippen LogP contribution in [0.15, 0.2) is 54.6 Å². The molecule has 0 saturated carbocycles. The summed E-state index contributed by atoms with van der Waals surface area (Å²) < 4.78 is 11.5. The normalized spacial score (nSPS) is 16.8. The van der Waals surface area contributed by atoms with E-state index in [9.17, 15) is 14.4 Å². The fourth-order valence-corrected chi connectivity index (χ4v) is 4.20. The highest BCUT2D eigenvalue weighted by atomic mass is 16.7. The molecule has 4 rings (SSSR count). The monoisotopic (exact) mass is 466 g/mol. The Hall–Kier alpha value is -3.43. The van der Waals surface area contributed by atoms with Crippen molar-refractivity contribution < 1.29 is 23.9 Å². The zero-order valence-corrected chi connectivity index (χ0v) is 19.3. The lowest BCUT2D eigenvalue weighted by atomic mass is 10.0. The molecule has 2 N–H and O–H groups in total. The van der Waals surface area contributed by atoms with Crippen LogP contribution in [0, 0.1) is 6.92 Å². The van der Waals surface area contributed by atoms with E-state index in [0.717, 1.165) is 5.56 Å². The number of carbonyl (C=O) groups is 3. The summed E-state index contributed by atoms with van der Waals surface area (Å²) >= 11 is 0. The molecule has 2 fully saturated rings. The molecule has 2 saturated heterocycles. The van der Waals surface area contributed by atoms with Gasteiger partial charge in [-0.25, -0.2) is 4.79 Å². The number of rotatable bonds is 6. The maximum Gasteiger partial charge on any atom is 0.319 e. The van der Waals surface area contributed by atoms with Gasteiger partial charge in [0, 0.05) is 37.3 Å². The lowest BCUT2D eigenvalue weighted by Gasteiger charge is -2.38. The number of nitrogens with one attached hydrogen (secondary N) is 2. The van der Waals surface area contributed by atoms with Crippen LogP contribution in [0.4, 0.5) is 16.2 Å². The van der Waals surface area contributed by atoms with Gasteiger partial charge in [-0.3, -0.25) is 9.59 Å². The average molecular weight is 467 g/mol. The first-order chi connectivity index (χ1) is 16.4. The number of benzene rings is 2. The fourth-order valence-electron chi connectivity index (χ4n) is 4.20. The summed E-state index contributed by atoms with van der Waals surface area (Å²) in [5.74, 6) is -1.11. The van der Waals surface area contributed by atoms with Gasteiger partial charge in [-0.05, 0) is 36.8 Å². The molecule has 180 valence electrons. The van der Waals surface area contributed by atoms with Crippen LogP contribution in [0.25, 0.3) is 0 Å². The minimum atomic E-state index is -0.569. The average Bonchev–Trinajstić information content (AvgIpc) is 3.29. The Kier molecular flexibility index (Phi) is 7.44. The molecule has 2 aromatic rings. The molecule has 0 aliphatic carbocycles. The number of carbonyl (C=O) groups excluding carboxylic acids is 3. The first-order valence-corrected chi connectivity index (χ1v) is 11.5. The van der Waals surface area contributed by atoms with E-state index in [1.54, 1.807) is 35.2 Å². The molecule has 0 aromatic heterocycles. The SMILES string of the molecule is Cc1cccc(NC(=O)NCC(=O)N(CC(=O)N2CCC3(CC2)OCCO3)c2ccccc2)c1. The highest BCUT2D eigenvalue weighted by molar-refractivity contribution is 6.01. The minimum absolute atomic E-state index is 0.112. The Bertz CT molecular complexity index is 1010. The Morgan fingerprint density at radius 1 is 1.00 bits per heavy atom. The lowest BCUT2D eigenvalue weighted by Crippen LogP contribution is -2.51. The quantitative estimate of drug-likeness (QED) is 0.682. The molecule has 34 heavy (non-hydrogen) atoms. The van der Waals surface area contributed by atoms with Crippen molar-refractivity contribution in [1.29, 1.82) is 0 Å². The molecule has 4 amide bonds. The fraction of sp³-hybridized carbons (Fsp3) is 0.400. The van der Waals surface area contributed by atoms with Crippen LogP contribution < -0.4 is 15.5 Å². The summed E-state index contributed by atoms with van der Waals surface area (Å²) in [4.78, 5) is 41.5. The zero-order valence-electron chi connectivity index (χ0n) is 19.3. The van der Waals surface area contributed by atoms with E-state index in [1.165, 1.54) is 4.90 Å². The Morgan fingerprint density at radius 3 is 2.38 bits per heavy atom. The maximum absolute atomic E-state index is 13.1. The van der Waals surface area contributed by atoms with E-state index in [0.29, 0.717) is 50.5 Å². The van der Waals surface area contributed by atoms with E-state index in [1.807, 2.05) is 31.2 Å². The number of para-hydroxylation sites is 1. The number of amides is 4. The van der Waals surface area contributed by atoms with Crippen molar-refractivity contribution in [2.75, 3.05) is 49.6 Å². The largest absolute Gasteiger partial charge is 0.347 e. The van der Waals surface area contributed by atoms with E-state index < -0.39 is 11.8 Å². The van der Waals surface area contributed by atoms with Gasteiger partial charge in [0.25, 0.3) is 0 Å². The maximum atomic E-state index is 13.1. The van der Waals surface area contributed by atoms with E-state index in [2.05, 4.69) is 10.6 Å². The molecular weight excluding hydrogens is 436 g/mol. The van der Waals surface area contributed by atoms with Crippen LogP contribution in [0.3, 0.4) is 0 Å². The van der Waals surface area contributed by atoms with Crippen molar-refractivity contribution in [2.45, 2.75) is 25.6 Å². The van der Waals surface area contributed by atoms with Gasteiger partial charge in [0.1, 0.15) is 6.54 Å². The van der Waals surface area contributed by atoms with Crippen LogP contribution in [-0.4, -0.2) is 67.9 Å². The number of urea groups is 1. The van der Waals surface area contributed by atoms with Gasteiger partial charge in [0.05, 0.1) is 19.8 Å². The van der Waals surface area contributed by atoms with Gasteiger partial charge < -0.3 is 29.9 Å². The second-order valence-corrected chi connectivity index (χ2v) is 8.48. The molecule has 2 aromatic carbocycles. The van der Waals surface area contributed by atoms with Crippen LogP contribution >= 0.6 is 0 Å². The summed E-state index contributed by atoms with van der Waals surface area (Å²) in [6, 6.07) is 15.9. The number of aryl methyl sites for hydroxylation is 1. The van der Waals surface area contributed by atoms with Crippen molar-refractivity contribution in [1.82, 2.24) is 10.2 Å². The standard InChI is InChI=1S/C25H30N4O5/c1-19-6-5-7-20(16-19)27-24(32)26-17-22(30)29(21-8-3-2-4-9-21)18-23(31)28-12-10-25(11-13-28)33-14-15-34-25/h2-9,16H,10-15,17-18H2,1H3,(H2,26,27,32). The number of likely N-dealkylation sites (tertiary alicyclic amines) is 1. The molecule has 0 radical (unpaired) electrons. The number of nitrogens with zero attached hydrogens (tertiary/aromatic N) is 2. The second kappa shape index (κ2) is 10.7. The molecule has 0 atom stereocenters. The number of anilines is 2. The van der Waals surface area contributed by atoms with Gasteiger partial charge in [0.15, 0.2) is 5.79 Å². The predicted molar refractivity (Wildman–Crippen MR) is 127 cm³/mol. The van der Waals surface area contributed by atoms with Crippen molar-refractivity contribution in [2.24, 2.45) is 0 Å². The van der Waals surface area contributed by atoms with Crippen LogP contribution in [0.1, 0.15) is 18.4 Å². The van der Waals surface area contributed by atoms with Crippen LogP contribution in [-0.2, 0) is 19.1 Å². The number of ether oxygens (including phenoxy) is 2. The molecule has 2 aliphatic heterocycles. The third-order valence-electron chi connectivity index (χ3n) is 6.03. The molecule has 9 nitrogen and oxygen atoms in total. The molecule has 0 bridgehead atoms. The lowest BCUT2D eigenvalue weighted by molar-refractivity contribution is -0.187. The third kappa shape index (κ3) is 5.92. The van der Waals surface area contributed by atoms with Crippen molar-refractivity contribution in [3.8, 4) is 0 Å². The van der Waals surface area contributed by atoms with Gasteiger partial charge in [-0.2, -0.15) is 0 Å². The zero-order chi connectivity index (χ0) is 24.0. The van der Waals surface area contributed by atoms with Gasteiger partial charge in [0.2, 0.25) is 11.8 Å². The second-order valence-electron chi connectivity index (χ2n) is 8.48. The topological polar surface area (TPSA) is 100 Å². The first-order valence-electron chi connectivity index (χ1n) is 11.5. The van der Waals surface area contributed by atoms with Crippen LogP contribution in [0.5, 0.6) is 0 Å². The van der Waals surface area contributed by atoms with E-state index in [-0.39, 0.29) is 24.9 Å². The summed E-state index contributed by atoms with van der Waals surface area (Å²) in [5, 5.41) is 5.30. The number of hydrogen-bond acceptors (Lipinski definition) is 5. The summed E-state index contributed by atoms with van der Waals surface area (Å²) in [5.41, 5.74) is 2.24. The Morgan fingerprint density at radius 2 is 1.71 bits per heavy atom. The third-order valence-corrected chi connectivity index (χ3v) is 6.03. The van der Waals surface area contributed by atoms with Gasteiger partial charge in [-0.15, -0.1) is 0 Å². The Balaban J connectivity index is 1.35. The van der Waals surface area contributed by atoms with Gasteiger partial charge in [-0.1, -0.05) is 30.3 Å². The first kappa shape index (κ1) is 23.7. The number of hydrogen-bond donors (Lipinski definition) is 2. The molecule has 2 aliphatic rings. The van der Waals surface area contributed by atoms with E-state index in [4.69, 9.17) is 9.47 Å². The smallest absolute Gasteiger partial charge is 0.319 e. The molecule has 0 unspecified atom stereocenters. The molecule has 2 heterocycles. The summed E-state index contributed by atoms with van der Waals surface area (Å²) in [6.45, 7) is 3.74. The van der Waals surface area contributed by atoms with E-state index >= 15 is 0 Å². The highest BCUT2D eigenvalue weighted by Crippen LogP contribution is 2.31. The predicted octanol–water partition coefficient (Wildman–Crippen LogP) is 2.52. The Labute approximate surface area is 199 Å². The molecule has 1 spiro atoms. The van der Waals surface area contributed by atoms with Crippen molar-refractivity contribution >= 4 is 29.2 Å². The number of piperidine rings is 1. The molecule has 9 heteroatoms. The highest BCUT2D eigenvalue weighted by Gasteiger charge is 2.41. The van der Waals surface area contributed by atoms with Crippen molar-refractivity contribution in [3.05, 3.63) is 60.2 Å². The molecular formula is C25H30N4O5. The minimum Gasteiger partial charge on any atom is -0.347 e. The summed E-state index contributed by atoms with van der Waals surface area (Å²) in [7, 11) is 0. The van der Waals surface area contributed by atoms with Crippen LogP contribution in [0.2, 0.25) is 0 Å². The summed E-state index contributed by atoms with van der Waals surface area (Å²) in [6.07, 6.45) is 1.22.